The highest BCUT2D eigenvalue weighted by molar-refractivity contribution is 7.99. The third kappa shape index (κ3) is 3.76. The van der Waals surface area contributed by atoms with Crippen LogP contribution in [-0.4, -0.2) is 46.1 Å². The minimum atomic E-state index is -0.662. The molecule has 0 aromatic heterocycles. The summed E-state index contributed by atoms with van der Waals surface area (Å²) in [5.74, 6) is 1.82. The number of carbonyl (C=O) groups is 1. The zero-order valence-electron chi connectivity index (χ0n) is 12.2. The molecule has 1 fully saturated rings. The number of aryl methyl sites for hydroxylation is 1. The van der Waals surface area contributed by atoms with Crippen LogP contribution < -0.4 is 0 Å². The fraction of sp³-hybridized carbons (Fsp3) is 0.562. The first-order chi connectivity index (χ1) is 9.51. The molecule has 1 aromatic rings. The fourth-order valence-electron chi connectivity index (χ4n) is 2.24. The van der Waals surface area contributed by atoms with Gasteiger partial charge in [-0.25, -0.2) is 0 Å². The average Bonchev–Trinajstić information content (AvgIpc) is 2.40. The molecule has 0 aliphatic carbocycles. The zero-order valence-corrected chi connectivity index (χ0v) is 13.0. The summed E-state index contributed by atoms with van der Waals surface area (Å²) >= 11 is 1.67. The summed E-state index contributed by atoms with van der Waals surface area (Å²) in [4.78, 5) is 13.7. The van der Waals surface area contributed by atoms with E-state index in [4.69, 9.17) is 0 Å². The maximum absolute atomic E-state index is 11.9. The molecular formula is C16H23NO2S. The normalized spacial score (nSPS) is 17.1. The molecule has 110 valence electrons. The Kier molecular flexibility index (Phi) is 5.11. The molecule has 1 heterocycles. The molecular weight excluding hydrogens is 270 g/mol. The van der Waals surface area contributed by atoms with Gasteiger partial charge >= 0.3 is 0 Å². The molecule has 0 bridgehead atoms. The maximum atomic E-state index is 11.9. The van der Waals surface area contributed by atoms with Crippen LogP contribution in [0.3, 0.4) is 0 Å². The van der Waals surface area contributed by atoms with E-state index in [2.05, 4.69) is 12.1 Å². The molecule has 0 saturated carbocycles. The molecule has 1 aromatic carbocycles. The number of aliphatic hydroxyl groups is 1. The third-order valence-corrected chi connectivity index (χ3v) is 4.90. The van der Waals surface area contributed by atoms with E-state index in [0.29, 0.717) is 18.8 Å². The highest BCUT2D eigenvalue weighted by atomic mass is 32.2. The first-order valence-corrected chi connectivity index (χ1v) is 8.28. The van der Waals surface area contributed by atoms with Crippen LogP contribution in [0.5, 0.6) is 0 Å². The largest absolute Gasteiger partial charge is 0.386 e. The molecule has 2 rings (SSSR count). The van der Waals surface area contributed by atoms with Crippen LogP contribution in [0.2, 0.25) is 0 Å². The highest BCUT2D eigenvalue weighted by Gasteiger charge is 2.45. The van der Waals surface area contributed by atoms with E-state index < -0.39 is 5.60 Å². The van der Waals surface area contributed by atoms with Crippen LogP contribution in [0, 0.1) is 5.92 Å². The Morgan fingerprint density at radius 1 is 1.35 bits per heavy atom. The number of carbonyl (C=O) groups excluding carboxylic acids is 1. The Balaban J connectivity index is 1.62. The minimum absolute atomic E-state index is 0.147. The van der Waals surface area contributed by atoms with Crippen LogP contribution in [0.25, 0.3) is 0 Å². The van der Waals surface area contributed by atoms with E-state index in [1.165, 1.54) is 5.56 Å². The van der Waals surface area contributed by atoms with Gasteiger partial charge in [0.2, 0.25) is 5.91 Å². The van der Waals surface area contributed by atoms with Crippen LogP contribution in [-0.2, 0) is 11.2 Å². The van der Waals surface area contributed by atoms with Crippen molar-refractivity contribution in [1.29, 1.82) is 0 Å². The Morgan fingerprint density at radius 3 is 2.60 bits per heavy atom. The lowest BCUT2D eigenvalue weighted by Gasteiger charge is -2.49. The summed E-state index contributed by atoms with van der Waals surface area (Å²) in [6.07, 6.45) is 0.995. The van der Waals surface area contributed by atoms with Crippen molar-refractivity contribution in [3.8, 4) is 0 Å². The molecule has 1 aliphatic rings. The Bertz CT molecular complexity index is 441. The van der Waals surface area contributed by atoms with Gasteiger partial charge in [0.15, 0.2) is 0 Å². The molecule has 3 nitrogen and oxygen atoms in total. The fourth-order valence-corrected chi connectivity index (χ4v) is 3.12. The monoisotopic (exact) mass is 293 g/mol. The van der Waals surface area contributed by atoms with Gasteiger partial charge in [0.25, 0.3) is 0 Å². The number of hydrogen-bond acceptors (Lipinski definition) is 3. The number of β-amino-alcohol motifs (C(OH)–C–C–N with tert-alkyl or cyclic N) is 1. The van der Waals surface area contributed by atoms with Gasteiger partial charge in [-0.2, -0.15) is 11.8 Å². The Hall–Kier alpha value is -1.00. The predicted octanol–water partition coefficient (Wildman–Crippen LogP) is 2.19. The molecule has 1 N–H and O–H groups in total. The summed E-state index contributed by atoms with van der Waals surface area (Å²) in [7, 11) is 0. The maximum Gasteiger partial charge on any atom is 0.232 e. The molecule has 0 radical (unpaired) electrons. The summed E-state index contributed by atoms with van der Waals surface area (Å²) in [5.41, 5.74) is 0.648. The first kappa shape index (κ1) is 15.4. The van der Waals surface area contributed by atoms with Crippen LogP contribution >= 0.6 is 11.8 Å². The van der Waals surface area contributed by atoms with E-state index in [-0.39, 0.29) is 11.8 Å². The SMILES string of the molecule is CC(C)C1(O)CN(C(=O)CSCCc2ccccc2)C1. The van der Waals surface area contributed by atoms with Crippen molar-refractivity contribution in [1.82, 2.24) is 4.90 Å². The topological polar surface area (TPSA) is 40.5 Å². The number of rotatable bonds is 6. The lowest BCUT2D eigenvalue weighted by molar-refractivity contribution is -0.161. The molecule has 1 amide bonds. The average molecular weight is 293 g/mol. The molecule has 0 unspecified atom stereocenters. The molecule has 4 heteroatoms. The van der Waals surface area contributed by atoms with Crippen molar-refractivity contribution in [3.05, 3.63) is 35.9 Å². The lowest BCUT2D eigenvalue weighted by Crippen LogP contribution is -2.66. The zero-order chi connectivity index (χ0) is 14.6. The summed E-state index contributed by atoms with van der Waals surface area (Å²) in [5, 5.41) is 10.1. The van der Waals surface area contributed by atoms with Crippen molar-refractivity contribution in [3.63, 3.8) is 0 Å². The standard InChI is InChI=1S/C16H23NO2S/c1-13(2)16(19)11-17(12-16)15(18)10-20-9-8-14-6-4-3-5-7-14/h3-7,13,19H,8-12H2,1-2H3. The number of nitrogens with zero attached hydrogens (tertiary/aromatic N) is 1. The van der Waals surface area contributed by atoms with Crippen LogP contribution in [0.4, 0.5) is 0 Å². The van der Waals surface area contributed by atoms with E-state index >= 15 is 0 Å². The van der Waals surface area contributed by atoms with E-state index in [9.17, 15) is 9.90 Å². The first-order valence-electron chi connectivity index (χ1n) is 7.13. The molecule has 1 saturated heterocycles. The number of hydrogen-bond donors (Lipinski definition) is 1. The second-order valence-electron chi connectivity index (χ2n) is 5.80. The molecule has 0 spiro atoms. The smallest absolute Gasteiger partial charge is 0.232 e. The molecule has 1 aliphatic heterocycles. The van der Waals surface area contributed by atoms with Gasteiger partial charge < -0.3 is 10.0 Å². The van der Waals surface area contributed by atoms with Gasteiger partial charge in [-0.05, 0) is 23.7 Å². The minimum Gasteiger partial charge on any atom is -0.386 e. The van der Waals surface area contributed by atoms with Gasteiger partial charge in [-0.3, -0.25) is 4.79 Å². The van der Waals surface area contributed by atoms with Gasteiger partial charge in [0, 0.05) is 0 Å². The third-order valence-electron chi connectivity index (χ3n) is 3.96. The van der Waals surface area contributed by atoms with Crippen LogP contribution in [0.1, 0.15) is 19.4 Å². The van der Waals surface area contributed by atoms with Crippen molar-refractivity contribution in [2.24, 2.45) is 5.92 Å². The quantitative estimate of drug-likeness (QED) is 0.817. The summed E-state index contributed by atoms with van der Waals surface area (Å²) in [6, 6.07) is 10.3. The van der Waals surface area contributed by atoms with Crippen molar-refractivity contribution < 1.29 is 9.90 Å². The molecule has 20 heavy (non-hydrogen) atoms. The number of amides is 1. The van der Waals surface area contributed by atoms with Gasteiger partial charge in [-0.15, -0.1) is 0 Å². The molecule has 0 atom stereocenters. The summed E-state index contributed by atoms with van der Waals surface area (Å²) < 4.78 is 0. The van der Waals surface area contributed by atoms with E-state index in [1.54, 1.807) is 16.7 Å². The lowest BCUT2D eigenvalue weighted by atomic mass is 9.83. The predicted molar refractivity (Wildman–Crippen MR) is 83.8 cm³/mol. The highest BCUT2D eigenvalue weighted by Crippen LogP contribution is 2.28. The summed E-state index contributed by atoms with van der Waals surface area (Å²) in [6.45, 7) is 4.97. The number of benzene rings is 1. The van der Waals surface area contributed by atoms with Gasteiger partial charge in [-0.1, -0.05) is 44.2 Å². The second kappa shape index (κ2) is 6.64. The van der Waals surface area contributed by atoms with Crippen molar-refractivity contribution >= 4 is 17.7 Å². The van der Waals surface area contributed by atoms with Crippen molar-refractivity contribution in [2.45, 2.75) is 25.9 Å². The van der Waals surface area contributed by atoms with E-state index in [0.717, 1.165) is 12.2 Å². The number of thioether (sulfide) groups is 1. The Morgan fingerprint density at radius 2 is 2.00 bits per heavy atom. The van der Waals surface area contributed by atoms with Crippen molar-refractivity contribution in [2.75, 3.05) is 24.6 Å². The van der Waals surface area contributed by atoms with E-state index in [1.807, 2.05) is 32.0 Å². The number of likely N-dealkylation sites (tertiary alicyclic amines) is 1. The Labute approximate surface area is 125 Å². The second-order valence-corrected chi connectivity index (χ2v) is 6.90. The van der Waals surface area contributed by atoms with Crippen LogP contribution in [0.15, 0.2) is 30.3 Å². The van der Waals surface area contributed by atoms with Gasteiger partial charge in [0.05, 0.1) is 18.8 Å². The van der Waals surface area contributed by atoms with Gasteiger partial charge in [0.1, 0.15) is 5.60 Å².